The summed E-state index contributed by atoms with van der Waals surface area (Å²) in [6, 6.07) is 0. The second kappa shape index (κ2) is 4.44. The molecule has 4 heteroatoms. The number of aldehydes is 1. The fourth-order valence-electron chi connectivity index (χ4n) is 0.531. The van der Waals surface area contributed by atoms with E-state index in [1.54, 1.807) is 6.92 Å². The van der Waals surface area contributed by atoms with Gasteiger partial charge in [0.1, 0.15) is 16.1 Å². The molecule has 0 spiro atoms. The Labute approximate surface area is 61.4 Å². The molecule has 0 aromatic carbocycles. The molecule has 0 fully saturated rings. The van der Waals surface area contributed by atoms with E-state index in [-0.39, 0.29) is 11.5 Å². The number of carbonyl (C=O) groups is 1. The smallest absolute Gasteiger partial charge is 0.150 e. The molecule has 0 aliphatic rings. The van der Waals surface area contributed by atoms with Crippen molar-refractivity contribution < 1.29 is 13.2 Å². The van der Waals surface area contributed by atoms with Crippen LogP contribution >= 0.6 is 0 Å². The van der Waals surface area contributed by atoms with Crippen LogP contribution in [-0.2, 0) is 14.6 Å². The number of rotatable bonds is 5. The van der Waals surface area contributed by atoms with Crippen molar-refractivity contribution in [2.75, 3.05) is 11.5 Å². The predicted octanol–water partition coefficient (Wildman–Crippen LogP) is 0.400. The summed E-state index contributed by atoms with van der Waals surface area (Å²) in [5.74, 6) is 0.314. The average molecular weight is 164 g/mol. The molecule has 0 saturated carbocycles. The van der Waals surface area contributed by atoms with Crippen LogP contribution in [0.2, 0.25) is 0 Å². The number of hydrogen-bond donors (Lipinski definition) is 0. The van der Waals surface area contributed by atoms with Crippen LogP contribution in [0, 0.1) is 0 Å². The second-order valence-corrected chi connectivity index (χ2v) is 4.52. The van der Waals surface area contributed by atoms with Gasteiger partial charge in [0.2, 0.25) is 0 Å². The largest absolute Gasteiger partial charge is 0.303 e. The van der Waals surface area contributed by atoms with E-state index in [2.05, 4.69) is 0 Å². The first kappa shape index (κ1) is 9.62. The maximum Gasteiger partial charge on any atom is 0.150 e. The highest BCUT2D eigenvalue weighted by Crippen LogP contribution is 1.94. The van der Waals surface area contributed by atoms with Crippen LogP contribution in [0.4, 0.5) is 0 Å². The Balaban J connectivity index is 3.58. The molecule has 0 aliphatic heterocycles. The Bertz CT molecular complexity index is 181. The Kier molecular flexibility index (Phi) is 4.27. The lowest BCUT2D eigenvalue weighted by Gasteiger charge is -1.95. The van der Waals surface area contributed by atoms with Crippen molar-refractivity contribution >= 4 is 16.1 Å². The molecular weight excluding hydrogens is 152 g/mol. The summed E-state index contributed by atoms with van der Waals surface area (Å²) in [7, 11) is -2.85. The standard InChI is InChI=1S/C6H12O3S/c1-2-10(8,9)6-4-3-5-7/h5H,2-4,6H2,1H3. The maximum absolute atomic E-state index is 10.8. The Hall–Kier alpha value is -0.380. The lowest BCUT2D eigenvalue weighted by atomic mass is 10.4. The minimum absolute atomic E-state index is 0.141. The van der Waals surface area contributed by atoms with E-state index in [0.29, 0.717) is 12.8 Å². The third-order valence-electron chi connectivity index (χ3n) is 1.22. The van der Waals surface area contributed by atoms with E-state index in [9.17, 15) is 13.2 Å². The highest BCUT2D eigenvalue weighted by Gasteiger charge is 2.04. The van der Waals surface area contributed by atoms with Crippen molar-refractivity contribution in [3.05, 3.63) is 0 Å². The van der Waals surface area contributed by atoms with Crippen molar-refractivity contribution in [3.63, 3.8) is 0 Å². The van der Waals surface area contributed by atoms with Gasteiger partial charge in [-0.1, -0.05) is 6.92 Å². The zero-order valence-electron chi connectivity index (χ0n) is 6.04. The van der Waals surface area contributed by atoms with Gasteiger partial charge in [-0.05, 0) is 6.42 Å². The van der Waals surface area contributed by atoms with E-state index in [4.69, 9.17) is 0 Å². The third-order valence-corrected chi connectivity index (χ3v) is 3.01. The van der Waals surface area contributed by atoms with Crippen LogP contribution in [0.1, 0.15) is 19.8 Å². The molecule has 0 radical (unpaired) electrons. The molecule has 0 bridgehead atoms. The molecule has 0 aromatic rings. The van der Waals surface area contributed by atoms with Gasteiger partial charge in [0.25, 0.3) is 0 Å². The van der Waals surface area contributed by atoms with Gasteiger partial charge in [0.05, 0.1) is 5.75 Å². The number of hydrogen-bond acceptors (Lipinski definition) is 3. The molecule has 60 valence electrons. The summed E-state index contributed by atoms with van der Waals surface area (Å²) in [5.41, 5.74) is 0. The van der Waals surface area contributed by atoms with Gasteiger partial charge in [0, 0.05) is 12.2 Å². The van der Waals surface area contributed by atoms with Crippen LogP contribution in [0.3, 0.4) is 0 Å². The lowest BCUT2D eigenvalue weighted by Crippen LogP contribution is -2.08. The third kappa shape index (κ3) is 4.49. The molecule has 3 nitrogen and oxygen atoms in total. The van der Waals surface area contributed by atoms with Crippen LogP contribution in [0.25, 0.3) is 0 Å². The van der Waals surface area contributed by atoms with Gasteiger partial charge in [-0.25, -0.2) is 8.42 Å². The van der Waals surface area contributed by atoms with Gasteiger partial charge < -0.3 is 4.79 Å². The van der Waals surface area contributed by atoms with E-state index in [0.717, 1.165) is 6.29 Å². The maximum atomic E-state index is 10.8. The first-order chi connectivity index (χ1) is 4.62. The van der Waals surface area contributed by atoms with E-state index in [1.807, 2.05) is 0 Å². The van der Waals surface area contributed by atoms with Gasteiger partial charge in [-0.2, -0.15) is 0 Å². The molecule has 0 unspecified atom stereocenters. The molecule has 10 heavy (non-hydrogen) atoms. The zero-order valence-corrected chi connectivity index (χ0v) is 6.86. The van der Waals surface area contributed by atoms with Crippen molar-refractivity contribution in [2.24, 2.45) is 0 Å². The summed E-state index contributed by atoms with van der Waals surface area (Å²) in [6.45, 7) is 1.61. The van der Waals surface area contributed by atoms with E-state index in [1.165, 1.54) is 0 Å². The van der Waals surface area contributed by atoms with Gasteiger partial charge in [0.15, 0.2) is 0 Å². The summed E-state index contributed by atoms with van der Waals surface area (Å²) in [6.07, 6.45) is 1.55. The normalized spacial score (nSPS) is 11.3. The van der Waals surface area contributed by atoms with Crippen LogP contribution < -0.4 is 0 Å². The summed E-state index contributed by atoms with van der Waals surface area (Å²) in [4.78, 5) is 9.78. The molecule has 0 amide bonds. The minimum atomic E-state index is -2.85. The Morgan fingerprint density at radius 1 is 1.40 bits per heavy atom. The summed E-state index contributed by atoms with van der Waals surface area (Å²) in [5, 5.41) is 0. The number of unbranched alkanes of at least 4 members (excludes halogenated alkanes) is 1. The average Bonchev–Trinajstić information content (AvgIpc) is 1.89. The zero-order chi connectivity index (χ0) is 8.04. The number of sulfone groups is 1. The Morgan fingerprint density at radius 2 is 2.00 bits per heavy atom. The van der Waals surface area contributed by atoms with Gasteiger partial charge in [-0.3, -0.25) is 0 Å². The topological polar surface area (TPSA) is 51.2 Å². The molecule has 0 aliphatic carbocycles. The monoisotopic (exact) mass is 164 g/mol. The van der Waals surface area contributed by atoms with Crippen LogP contribution in [0.5, 0.6) is 0 Å². The second-order valence-electron chi connectivity index (χ2n) is 2.05. The van der Waals surface area contributed by atoms with E-state index >= 15 is 0 Å². The molecule has 0 heterocycles. The first-order valence-corrected chi connectivity index (χ1v) is 5.08. The molecule has 0 N–H and O–H groups in total. The fraction of sp³-hybridized carbons (Fsp3) is 0.833. The van der Waals surface area contributed by atoms with Crippen molar-refractivity contribution in [2.45, 2.75) is 19.8 Å². The Morgan fingerprint density at radius 3 is 2.40 bits per heavy atom. The SMILES string of the molecule is CCS(=O)(=O)CCCC=O. The van der Waals surface area contributed by atoms with Crippen LogP contribution in [0.15, 0.2) is 0 Å². The minimum Gasteiger partial charge on any atom is -0.303 e. The van der Waals surface area contributed by atoms with Gasteiger partial charge in [-0.15, -0.1) is 0 Å². The summed E-state index contributed by atoms with van der Waals surface area (Å²) >= 11 is 0. The molecule has 0 atom stereocenters. The van der Waals surface area contributed by atoms with Crippen molar-refractivity contribution in [3.8, 4) is 0 Å². The van der Waals surface area contributed by atoms with Crippen molar-refractivity contribution in [1.29, 1.82) is 0 Å². The highest BCUT2D eigenvalue weighted by molar-refractivity contribution is 7.91. The molecular formula is C6H12O3S. The molecule has 0 saturated heterocycles. The van der Waals surface area contributed by atoms with Crippen LogP contribution in [-0.4, -0.2) is 26.2 Å². The fourth-order valence-corrected chi connectivity index (χ4v) is 1.43. The predicted molar refractivity (Wildman–Crippen MR) is 39.6 cm³/mol. The van der Waals surface area contributed by atoms with E-state index < -0.39 is 9.84 Å². The van der Waals surface area contributed by atoms with Crippen molar-refractivity contribution in [1.82, 2.24) is 0 Å². The molecule has 0 rings (SSSR count). The highest BCUT2D eigenvalue weighted by atomic mass is 32.2. The lowest BCUT2D eigenvalue weighted by molar-refractivity contribution is -0.107. The quantitative estimate of drug-likeness (QED) is 0.436. The number of carbonyl (C=O) groups excluding carboxylic acids is 1. The molecule has 0 aromatic heterocycles. The first-order valence-electron chi connectivity index (χ1n) is 3.26. The summed E-state index contributed by atoms with van der Waals surface area (Å²) < 4.78 is 21.5. The van der Waals surface area contributed by atoms with Gasteiger partial charge >= 0.3 is 0 Å².